The number of guanidine groups is 1. The Labute approximate surface area is 169 Å². The highest BCUT2D eigenvalue weighted by atomic mass is 127. The summed E-state index contributed by atoms with van der Waals surface area (Å²) in [7, 11) is 2.10. The third kappa shape index (κ3) is 7.81. The van der Waals surface area contributed by atoms with E-state index in [4.69, 9.17) is 14.5 Å². The molecular weight excluding hydrogens is 429 g/mol. The van der Waals surface area contributed by atoms with Gasteiger partial charge in [-0.25, -0.2) is 4.99 Å². The molecule has 1 aliphatic heterocycles. The van der Waals surface area contributed by atoms with Crippen molar-refractivity contribution in [3.05, 3.63) is 30.3 Å². The first-order valence-corrected chi connectivity index (χ1v) is 9.01. The monoisotopic (exact) mass is 461 g/mol. The van der Waals surface area contributed by atoms with Crippen LogP contribution in [-0.4, -0.2) is 56.9 Å². The van der Waals surface area contributed by atoms with E-state index in [0.29, 0.717) is 12.5 Å². The molecule has 1 aromatic rings. The summed E-state index contributed by atoms with van der Waals surface area (Å²) in [5.41, 5.74) is 0. The van der Waals surface area contributed by atoms with Crippen LogP contribution in [0.4, 0.5) is 0 Å². The van der Waals surface area contributed by atoms with Gasteiger partial charge in [0.2, 0.25) is 0 Å². The molecule has 1 fully saturated rings. The molecule has 0 radical (unpaired) electrons. The highest BCUT2D eigenvalue weighted by Crippen LogP contribution is 2.14. The summed E-state index contributed by atoms with van der Waals surface area (Å²) in [5.74, 6) is 2.45. The van der Waals surface area contributed by atoms with E-state index in [1.54, 1.807) is 0 Å². The van der Waals surface area contributed by atoms with Crippen LogP contribution in [0.5, 0.6) is 5.75 Å². The number of ether oxygens (including phenoxy) is 2. The fraction of sp³-hybridized carbons (Fsp3) is 0.632. The van der Waals surface area contributed by atoms with E-state index >= 15 is 0 Å². The molecule has 6 heteroatoms. The number of para-hydroxylation sites is 1. The van der Waals surface area contributed by atoms with Crippen molar-refractivity contribution in [3.63, 3.8) is 0 Å². The van der Waals surface area contributed by atoms with Gasteiger partial charge in [-0.15, -0.1) is 24.0 Å². The average Bonchev–Trinajstić information content (AvgIpc) is 3.11. The van der Waals surface area contributed by atoms with Gasteiger partial charge in [-0.1, -0.05) is 25.1 Å². The van der Waals surface area contributed by atoms with Crippen LogP contribution >= 0.6 is 24.0 Å². The Morgan fingerprint density at radius 3 is 2.72 bits per heavy atom. The summed E-state index contributed by atoms with van der Waals surface area (Å²) in [6.07, 6.45) is 2.15. The molecule has 1 heterocycles. The number of hydrogen-bond acceptors (Lipinski definition) is 3. The maximum Gasteiger partial charge on any atom is 0.193 e. The lowest BCUT2D eigenvalue weighted by atomic mass is 10.1. The van der Waals surface area contributed by atoms with Gasteiger partial charge in [-0.3, -0.25) is 0 Å². The Morgan fingerprint density at radius 2 is 2.12 bits per heavy atom. The molecule has 2 rings (SSSR count). The minimum atomic E-state index is 0. The molecule has 0 aromatic heterocycles. The van der Waals surface area contributed by atoms with Crippen molar-refractivity contribution in [2.45, 2.75) is 32.8 Å². The van der Waals surface area contributed by atoms with Crippen molar-refractivity contribution in [3.8, 4) is 5.75 Å². The first kappa shape index (κ1) is 22.0. The zero-order chi connectivity index (χ0) is 17.2. The second kappa shape index (κ2) is 12.4. The van der Waals surface area contributed by atoms with Crippen LogP contribution in [0, 0.1) is 5.92 Å². The van der Waals surface area contributed by atoms with Crippen molar-refractivity contribution in [1.29, 1.82) is 0 Å². The fourth-order valence-corrected chi connectivity index (χ4v) is 2.80. The molecule has 0 amide bonds. The molecule has 1 aliphatic rings. The van der Waals surface area contributed by atoms with E-state index in [9.17, 15) is 0 Å². The summed E-state index contributed by atoms with van der Waals surface area (Å²) in [6.45, 7) is 8.46. The smallest absolute Gasteiger partial charge is 0.193 e. The summed E-state index contributed by atoms with van der Waals surface area (Å²) in [4.78, 5) is 6.99. The molecule has 142 valence electrons. The molecule has 5 nitrogen and oxygen atoms in total. The lowest BCUT2D eigenvalue weighted by molar-refractivity contribution is 0.181. The first-order chi connectivity index (χ1) is 11.7. The number of nitrogens with zero attached hydrogens (tertiary/aromatic N) is 2. The lowest BCUT2D eigenvalue weighted by Gasteiger charge is -2.25. The largest absolute Gasteiger partial charge is 0.489 e. The van der Waals surface area contributed by atoms with E-state index in [1.165, 1.54) is 0 Å². The Hall–Kier alpha value is -1.02. The van der Waals surface area contributed by atoms with E-state index in [2.05, 4.69) is 31.1 Å². The van der Waals surface area contributed by atoms with Gasteiger partial charge >= 0.3 is 0 Å². The van der Waals surface area contributed by atoms with Gasteiger partial charge in [0.25, 0.3) is 0 Å². The number of aliphatic imine (C=N–C) groups is 1. The molecule has 0 bridgehead atoms. The number of benzene rings is 1. The Kier molecular flexibility index (Phi) is 10.9. The molecule has 2 unspecified atom stereocenters. The van der Waals surface area contributed by atoms with Crippen LogP contribution in [-0.2, 0) is 4.74 Å². The number of hydrogen-bond donors (Lipinski definition) is 1. The minimum Gasteiger partial charge on any atom is -0.489 e. The maximum atomic E-state index is 6.03. The number of rotatable bonds is 8. The highest BCUT2D eigenvalue weighted by molar-refractivity contribution is 14.0. The second-order valence-electron chi connectivity index (χ2n) is 6.27. The fourth-order valence-electron chi connectivity index (χ4n) is 2.80. The van der Waals surface area contributed by atoms with Crippen molar-refractivity contribution in [1.82, 2.24) is 10.2 Å². The van der Waals surface area contributed by atoms with Gasteiger partial charge in [0.15, 0.2) is 5.96 Å². The first-order valence-electron chi connectivity index (χ1n) is 9.01. The molecular formula is C19H32IN3O2. The Balaban J connectivity index is 0.00000312. The number of nitrogens with one attached hydrogen (secondary N) is 1. The Bertz CT molecular complexity index is 493. The normalized spacial score (nSPS) is 18.4. The van der Waals surface area contributed by atoms with Crippen LogP contribution in [0.2, 0.25) is 0 Å². The van der Waals surface area contributed by atoms with Gasteiger partial charge in [-0.05, 0) is 31.9 Å². The molecule has 1 saturated heterocycles. The SMILES string of the molecule is CCNC(=NCC(CC)Oc1ccccc1)N(C)CC1CCOC1.I. The van der Waals surface area contributed by atoms with Crippen LogP contribution in [0.25, 0.3) is 0 Å². The second-order valence-corrected chi connectivity index (χ2v) is 6.27. The van der Waals surface area contributed by atoms with E-state index in [0.717, 1.165) is 50.9 Å². The zero-order valence-corrected chi connectivity index (χ0v) is 17.9. The van der Waals surface area contributed by atoms with Gasteiger partial charge in [-0.2, -0.15) is 0 Å². The molecule has 0 aliphatic carbocycles. The minimum absolute atomic E-state index is 0. The lowest BCUT2D eigenvalue weighted by Crippen LogP contribution is -2.42. The molecule has 0 saturated carbocycles. The van der Waals surface area contributed by atoms with Crippen molar-refractivity contribution in [2.24, 2.45) is 10.9 Å². The highest BCUT2D eigenvalue weighted by Gasteiger charge is 2.19. The van der Waals surface area contributed by atoms with Crippen molar-refractivity contribution < 1.29 is 9.47 Å². The Morgan fingerprint density at radius 1 is 1.36 bits per heavy atom. The average molecular weight is 461 g/mol. The third-order valence-corrected chi connectivity index (χ3v) is 4.20. The predicted molar refractivity (Wildman–Crippen MR) is 114 cm³/mol. The van der Waals surface area contributed by atoms with E-state index in [-0.39, 0.29) is 30.1 Å². The van der Waals surface area contributed by atoms with Crippen molar-refractivity contribution >= 4 is 29.9 Å². The summed E-state index contributed by atoms with van der Waals surface area (Å²) in [6, 6.07) is 9.96. The maximum absolute atomic E-state index is 6.03. The van der Waals surface area contributed by atoms with Gasteiger partial charge < -0.3 is 19.7 Å². The van der Waals surface area contributed by atoms with Gasteiger partial charge in [0.1, 0.15) is 11.9 Å². The summed E-state index contributed by atoms with van der Waals surface area (Å²) < 4.78 is 11.5. The summed E-state index contributed by atoms with van der Waals surface area (Å²) in [5, 5.41) is 3.38. The van der Waals surface area contributed by atoms with Gasteiger partial charge in [0.05, 0.1) is 13.2 Å². The van der Waals surface area contributed by atoms with Crippen molar-refractivity contribution in [2.75, 3.05) is 39.9 Å². The van der Waals surface area contributed by atoms with Gasteiger partial charge in [0, 0.05) is 32.7 Å². The number of halogens is 1. The molecule has 0 spiro atoms. The van der Waals surface area contributed by atoms with E-state index in [1.807, 2.05) is 30.3 Å². The predicted octanol–water partition coefficient (Wildman–Crippen LogP) is 3.40. The standard InChI is InChI=1S/C19H31N3O2.HI/c1-4-17(24-18-9-7-6-8-10-18)13-21-19(20-5-2)22(3)14-16-11-12-23-15-16;/h6-10,16-17H,4-5,11-15H2,1-3H3,(H,20,21);1H. The molecule has 2 atom stereocenters. The topological polar surface area (TPSA) is 46.1 Å². The van der Waals surface area contributed by atoms with Crippen LogP contribution in [0.3, 0.4) is 0 Å². The zero-order valence-electron chi connectivity index (χ0n) is 15.6. The van der Waals surface area contributed by atoms with E-state index < -0.39 is 0 Å². The molecule has 1 N–H and O–H groups in total. The van der Waals surface area contributed by atoms with Crippen LogP contribution < -0.4 is 10.1 Å². The third-order valence-electron chi connectivity index (χ3n) is 4.20. The summed E-state index contributed by atoms with van der Waals surface area (Å²) >= 11 is 0. The van der Waals surface area contributed by atoms with Crippen LogP contribution in [0.15, 0.2) is 35.3 Å². The quantitative estimate of drug-likeness (QED) is 0.366. The molecule has 1 aromatic carbocycles. The molecule has 25 heavy (non-hydrogen) atoms. The van der Waals surface area contributed by atoms with Crippen LogP contribution in [0.1, 0.15) is 26.7 Å².